The molecule has 3 rings (SSSR count). The molecule has 0 saturated carbocycles. The van der Waals surface area contributed by atoms with Crippen LogP contribution < -0.4 is 5.32 Å². The van der Waals surface area contributed by atoms with E-state index in [2.05, 4.69) is 15.3 Å². The standard InChI is InChI=1S/C12H14ClN3S/c13-8-3-10(17-6-8)5-14-9-1-2-11-12(4-9)16-7-15-11/h3,6-7,9,14H,1-2,4-5H2,(H,15,16). The average molecular weight is 268 g/mol. The molecule has 90 valence electrons. The molecule has 1 aliphatic rings. The Labute approximate surface area is 109 Å². The van der Waals surface area contributed by atoms with Crippen LogP contribution in [-0.4, -0.2) is 16.0 Å². The van der Waals surface area contributed by atoms with Crippen LogP contribution in [0.4, 0.5) is 0 Å². The van der Waals surface area contributed by atoms with Gasteiger partial charge in [-0.2, -0.15) is 0 Å². The van der Waals surface area contributed by atoms with Crippen molar-refractivity contribution in [1.29, 1.82) is 0 Å². The third-order valence-corrected chi connectivity index (χ3v) is 4.46. The van der Waals surface area contributed by atoms with E-state index in [9.17, 15) is 0 Å². The SMILES string of the molecule is Clc1csc(CNC2CCc3nc[nH]c3C2)c1. The lowest BCUT2D eigenvalue weighted by Gasteiger charge is -2.22. The van der Waals surface area contributed by atoms with E-state index < -0.39 is 0 Å². The highest BCUT2D eigenvalue weighted by Crippen LogP contribution is 2.21. The predicted octanol–water partition coefficient (Wildman–Crippen LogP) is 2.77. The van der Waals surface area contributed by atoms with E-state index >= 15 is 0 Å². The second kappa shape index (κ2) is 4.80. The molecule has 0 spiro atoms. The molecule has 1 atom stereocenters. The Hall–Kier alpha value is -0.840. The molecule has 2 heterocycles. The van der Waals surface area contributed by atoms with Crippen LogP contribution in [0.3, 0.4) is 0 Å². The molecule has 0 aliphatic heterocycles. The minimum Gasteiger partial charge on any atom is -0.348 e. The van der Waals surface area contributed by atoms with Crippen molar-refractivity contribution < 1.29 is 0 Å². The van der Waals surface area contributed by atoms with E-state index in [1.54, 1.807) is 17.7 Å². The number of imidazole rings is 1. The number of halogens is 1. The van der Waals surface area contributed by atoms with Crippen LogP contribution in [0.1, 0.15) is 22.7 Å². The van der Waals surface area contributed by atoms with Crippen LogP contribution in [-0.2, 0) is 19.4 Å². The fourth-order valence-corrected chi connectivity index (χ4v) is 3.29. The van der Waals surface area contributed by atoms with Crippen LogP contribution >= 0.6 is 22.9 Å². The molecular weight excluding hydrogens is 254 g/mol. The van der Waals surface area contributed by atoms with Gasteiger partial charge in [-0.3, -0.25) is 0 Å². The van der Waals surface area contributed by atoms with Gasteiger partial charge in [-0.1, -0.05) is 11.6 Å². The van der Waals surface area contributed by atoms with Gasteiger partial charge in [0.25, 0.3) is 0 Å². The van der Waals surface area contributed by atoms with Gasteiger partial charge < -0.3 is 10.3 Å². The van der Waals surface area contributed by atoms with Gasteiger partial charge in [-0.25, -0.2) is 4.98 Å². The Kier molecular flexibility index (Phi) is 3.18. The van der Waals surface area contributed by atoms with Crippen molar-refractivity contribution >= 4 is 22.9 Å². The number of hydrogen-bond donors (Lipinski definition) is 2. The van der Waals surface area contributed by atoms with E-state index in [4.69, 9.17) is 11.6 Å². The Balaban J connectivity index is 1.57. The van der Waals surface area contributed by atoms with E-state index in [1.807, 2.05) is 11.4 Å². The lowest BCUT2D eigenvalue weighted by molar-refractivity contribution is 0.453. The smallest absolute Gasteiger partial charge is 0.0925 e. The first-order chi connectivity index (χ1) is 8.31. The van der Waals surface area contributed by atoms with Crippen molar-refractivity contribution in [2.45, 2.75) is 31.8 Å². The van der Waals surface area contributed by atoms with E-state index in [0.29, 0.717) is 6.04 Å². The Morgan fingerprint density at radius 2 is 2.53 bits per heavy atom. The quantitative estimate of drug-likeness (QED) is 0.898. The summed E-state index contributed by atoms with van der Waals surface area (Å²) in [6, 6.07) is 2.58. The summed E-state index contributed by atoms with van der Waals surface area (Å²) in [6.07, 6.45) is 5.08. The van der Waals surface area contributed by atoms with Crippen molar-refractivity contribution in [1.82, 2.24) is 15.3 Å². The molecule has 2 aromatic rings. The van der Waals surface area contributed by atoms with Crippen LogP contribution in [0.25, 0.3) is 0 Å². The normalized spacial score (nSPS) is 19.2. The molecule has 1 aliphatic carbocycles. The summed E-state index contributed by atoms with van der Waals surface area (Å²) < 4.78 is 0. The first-order valence-corrected chi connectivity index (χ1v) is 7.04. The van der Waals surface area contributed by atoms with Crippen LogP contribution in [0, 0.1) is 0 Å². The van der Waals surface area contributed by atoms with Gasteiger partial charge in [0.2, 0.25) is 0 Å². The number of thiophene rings is 1. The van der Waals surface area contributed by atoms with E-state index in [-0.39, 0.29) is 0 Å². The highest BCUT2D eigenvalue weighted by molar-refractivity contribution is 7.10. The van der Waals surface area contributed by atoms with Crippen LogP contribution in [0.5, 0.6) is 0 Å². The summed E-state index contributed by atoms with van der Waals surface area (Å²) >= 11 is 7.61. The molecule has 5 heteroatoms. The Morgan fingerprint density at radius 1 is 1.59 bits per heavy atom. The van der Waals surface area contributed by atoms with Crippen LogP contribution in [0.15, 0.2) is 17.8 Å². The summed E-state index contributed by atoms with van der Waals surface area (Å²) in [4.78, 5) is 8.83. The van der Waals surface area contributed by atoms with Gasteiger partial charge >= 0.3 is 0 Å². The lowest BCUT2D eigenvalue weighted by atomic mass is 9.96. The van der Waals surface area contributed by atoms with Gasteiger partial charge in [0.05, 0.1) is 17.0 Å². The second-order valence-electron chi connectivity index (χ2n) is 4.38. The molecule has 2 N–H and O–H groups in total. The molecule has 17 heavy (non-hydrogen) atoms. The highest BCUT2D eigenvalue weighted by atomic mass is 35.5. The molecule has 1 unspecified atom stereocenters. The van der Waals surface area contributed by atoms with Gasteiger partial charge in [0.1, 0.15) is 0 Å². The third-order valence-electron chi connectivity index (χ3n) is 3.17. The number of nitrogens with zero attached hydrogens (tertiary/aromatic N) is 1. The first kappa shape index (κ1) is 11.3. The maximum atomic E-state index is 5.90. The Morgan fingerprint density at radius 3 is 3.35 bits per heavy atom. The molecule has 0 bridgehead atoms. The molecule has 2 aromatic heterocycles. The Bertz CT molecular complexity index is 505. The number of fused-ring (bicyclic) bond motifs is 1. The van der Waals surface area contributed by atoms with Gasteiger partial charge in [-0.05, 0) is 18.9 Å². The zero-order valence-electron chi connectivity index (χ0n) is 9.37. The molecule has 0 fully saturated rings. The maximum Gasteiger partial charge on any atom is 0.0925 e. The monoisotopic (exact) mass is 267 g/mol. The third kappa shape index (κ3) is 2.54. The summed E-state index contributed by atoms with van der Waals surface area (Å²) in [5.41, 5.74) is 2.53. The molecule has 0 saturated heterocycles. The van der Waals surface area contributed by atoms with E-state index in [1.165, 1.54) is 16.3 Å². The average Bonchev–Trinajstić information content (AvgIpc) is 2.94. The summed E-state index contributed by atoms with van der Waals surface area (Å²) in [5, 5.41) is 6.40. The van der Waals surface area contributed by atoms with E-state index in [0.717, 1.165) is 30.8 Å². The molecular formula is C12H14ClN3S. The zero-order valence-corrected chi connectivity index (χ0v) is 10.9. The highest BCUT2D eigenvalue weighted by Gasteiger charge is 2.19. The van der Waals surface area contributed by atoms with Crippen LogP contribution in [0.2, 0.25) is 5.02 Å². The van der Waals surface area contributed by atoms with Crippen molar-refractivity contribution in [3.05, 3.63) is 39.1 Å². The first-order valence-electron chi connectivity index (χ1n) is 5.78. The molecule has 0 radical (unpaired) electrons. The molecule has 3 nitrogen and oxygen atoms in total. The fourth-order valence-electron chi connectivity index (χ4n) is 2.27. The summed E-state index contributed by atoms with van der Waals surface area (Å²) in [5.74, 6) is 0. The van der Waals surface area contributed by atoms with Gasteiger partial charge in [0, 0.05) is 35.0 Å². The number of H-pyrrole nitrogens is 1. The number of rotatable bonds is 3. The van der Waals surface area contributed by atoms with Crippen molar-refractivity contribution in [2.24, 2.45) is 0 Å². The van der Waals surface area contributed by atoms with Gasteiger partial charge in [-0.15, -0.1) is 11.3 Å². The van der Waals surface area contributed by atoms with Gasteiger partial charge in [0.15, 0.2) is 0 Å². The summed E-state index contributed by atoms with van der Waals surface area (Å²) in [6.45, 7) is 0.908. The second-order valence-corrected chi connectivity index (χ2v) is 5.81. The number of nitrogens with one attached hydrogen (secondary N) is 2. The molecule has 0 aromatic carbocycles. The minimum absolute atomic E-state index is 0.545. The minimum atomic E-state index is 0.545. The summed E-state index contributed by atoms with van der Waals surface area (Å²) in [7, 11) is 0. The number of hydrogen-bond acceptors (Lipinski definition) is 3. The zero-order chi connectivity index (χ0) is 11.7. The molecule has 0 amide bonds. The van der Waals surface area contributed by atoms with Crippen molar-refractivity contribution in [3.63, 3.8) is 0 Å². The fraction of sp³-hybridized carbons (Fsp3) is 0.417. The largest absolute Gasteiger partial charge is 0.348 e. The predicted molar refractivity (Wildman–Crippen MR) is 70.6 cm³/mol. The maximum absolute atomic E-state index is 5.90. The number of aromatic nitrogens is 2. The van der Waals surface area contributed by atoms with Crippen molar-refractivity contribution in [3.8, 4) is 0 Å². The van der Waals surface area contributed by atoms with Crippen molar-refractivity contribution in [2.75, 3.05) is 0 Å². The number of aromatic amines is 1. The number of aryl methyl sites for hydroxylation is 1. The topological polar surface area (TPSA) is 40.7 Å². The lowest BCUT2D eigenvalue weighted by Crippen LogP contribution is -2.33.